The molecule has 0 bridgehead atoms. The number of fused-ring (bicyclic) bond motifs is 2. The molecule has 1 unspecified atom stereocenters. The van der Waals surface area contributed by atoms with Crippen molar-refractivity contribution < 1.29 is 5.11 Å². The second-order valence-corrected chi connectivity index (χ2v) is 9.34. The van der Waals surface area contributed by atoms with Gasteiger partial charge >= 0.3 is 0 Å². The molecule has 0 heterocycles. The highest BCUT2D eigenvalue weighted by Gasteiger charge is 2.41. The van der Waals surface area contributed by atoms with Crippen LogP contribution in [-0.2, 0) is 11.0 Å². The van der Waals surface area contributed by atoms with Crippen LogP contribution in [-0.4, -0.2) is 5.11 Å². The Bertz CT molecular complexity index is 1100. The summed E-state index contributed by atoms with van der Waals surface area (Å²) >= 11 is 0. The molecule has 0 saturated carbocycles. The molecule has 0 spiro atoms. The molecule has 3 aromatic rings. The largest absolute Gasteiger partial charge is 0.386 e. The van der Waals surface area contributed by atoms with E-state index in [1.165, 1.54) is 33.4 Å². The SMILES string of the molecule is C=C(C)c1ccccc1C1c2ccccc2C(C)(C)c2cccc(C(C)(C)O)c21. The highest BCUT2D eigenvalue weighted by Crippen LogP contribution is 2.52. The first-order valence-electron chi connectivity index (χ1n) is 10.3. The van der Waals surface area contributed by atoms with Crippen LogP contribution >= 0.6 is 0 Å². The van der Waals surface area contributed by atoms with Crippen molar-refractivity contribution in [3.8, 4) is 0 Å². The highest BCUT2D eigenvalue weighted by atomic mass is 16.3. The van der Waals surface area contributed by atoms with Crippen LogP contribution in [0.5, 0.6) is 0 Å². The molecule has 1 nitrogen and oxygen atoms in total. The van der Waals surface area contributed by atoms with Crippen molar-refractivity contribution in [2.24, 2.45) is 0 Å². The van der Waals surface area contributed by atoms with Crippen LogP contribution in [0.1, 0.15) is 79.5 Å². The molecule has 148 valence electrons. The van der Waals surface area contributed by atoms with E-state index in [0.29, 0.717) is 0 Å². The van der Waals surface area contributed by atoms with Crippen LogP contribution in [0, 0.1) is 0 Å². The van der Waals surface area contributed by atoms with E-state index in [2.05, 4.69) is 94.1 Å². The molecule has 0 saturated heterocycles. The van der Waals surface area contributed by atoms with Gasteiger partial charge in [0.1, 0.15) is 0 Å². The normalized spacial score (nSPS) is 17.4. The van der Waals surface area contributed by atoms with E-state index in [1.54, 1.807) is 0 Å². The van der Waals surface area contributed by atoms with E-state index in [4.69, 9.17) is 0 Å². The summed E-state index contributed by atoms with van der Waals surface area (Å²) < 4.78 is 0. The number of benzene rings is 3. The van der Waals surface area contributed by atoms with E-state index in [9.17, 15) is 5.11 Å². The maximum Gasteiger partial charge on any atom is 0.0843 e. The van der Waals surface area contributed by atoms with Gasteiger partial charge in [-0.2, -0.15) is 0 Å². The predicted molar refractivity (Wildman–Crippen MR) is 122 cm³/mol. The van der Waals surface area contributed by atoms with Crippen LogP contribution in [0.4, 0.5) is 0 Å². The van der Waals surface area contributed by atoms with E-state index in [1.807, 2.05) is 13.8 Å². The second-order valence-electron chi connectivity index (χ2n) is 9.34. The molecule has 1 aliphatic rings. The van der Waals surface area contributed by atoms with Gasteiger partial charge < -0.3 is 5.11 Å². The van der Waals surface area contributed by atoms with Gasteiger partial charge in [0.25, 0.3) is 0 Å². The van der Waals surface area contributed by atoms with Crippen molar-refractivity contribution in [1.29, 1.82) is 0 Å². The Morgan fingerprint density at radius 1 is 0.862 bits per heavy atom. The van der Waals surface area contributed by atoms with Crippen LogP contribution in [0.3, 0.4) is 0 Å². The average Bonchev–Trinajstić information content (AvgIpc) is 2.67. The van der Waals surface area contributed by atoms with E-state index in [0.717, 1.165) is 11.1 Å². The van der Waals surface area contributed by atoms with Gasteiger partial charge in [-0.05, 0) is 59.7 Å². The predicted octanol–water partition coefficient (Wildman–Crippen LogP) is 6.77. The Morgan fingerprint density at radius 3 is 2.10 bits per heavy atom. The molecule has 4 rings (SSSR count). The van der Waals surface area contributed by atoms with Gasteiger partial charge in [0.2, 0.25) is 0 Å². The van der Waals surface area contributed by atoms with Crippen molar-refractivity contribution in [1.82, 2.24) is 0 Å². The smallest absolute Gasteiger partial charge is 0.0843 e. The minimum atomic E-state index is -0.926. The number of aliphatic hydroxyl groups is 1. The lowest BCUT2D eigenvalue weighted by Gasteiger charge is -2.42. The molecule has 1 N–H and O–H groups in total. The topological polar surface area (TPSA) is 20.2 Å². The molecule has 0 aliphatic heterocycles. The van der Waals surface area contributed by atoms with Gasteiger partial charge in [-0.1, -0.05) is 92.7 Å². The van der Waals surface area contributed by atoms with Crippen LogP contribution < -0.4 is 0 Å². The van der Waals surface area contributed by atoms with Crippen LogP contribution in [0.15, 0.2) is 73.3 Å². The first-order valence-corrected chi connectivity index (χ1v) is 10.3. The van der Waals surface area contributed by atoms with Crippen molar-refractivity contribution in [3.05, 3.63) is 112 Å². The van der Waals surface area contributed by atoms with Crippen molar-refractivity contribution >= 4 is 5.57 Å². The fourth-order valence-electron chi connectivity index (χ4n) is 5.03. The summed E-state index contributed by atoms with van der Waals surface area (Å²) in [6, 6.07) is 23.7. The first kappa shape index (κ1) is 19.7. The zero-order valence-electron chi connectivity index (χ0n) is 18.1. The highest BCUT2D eigenvalue weighted by molar-refractivity contribution is 5.70. The molecule has 3 aromatic carbocycles. The molecule has 1 aliphatic carbocycles. The Hall–Kier alpha value is -2.64. The molecular formula is C28H30O. The van der Waals surface area contributed by atoms with Gasteiger partial charge in [0.15, 0.2) is 0 Å². The monoisotopic (exact) mass is 382 g/mol. The standard InChI is InChI=1S/C28H30O/c1-18(2)19-12-7-8-13-20(19)25-21-14-9-10-15-22(21)27(3,4)23-16-11-17-24(26(23)25)28(5,6)29/h7-17,25,29H,1H2,2-6H3. The summed E-state index contributed by atoms with van der Waals surface area (Å²) in [7, 11) is 0. The van der Waals surface area contributed by atoms with Crippen molar-refractivity contribution in [3.63, 3.8) is 0 Å². The van der Waals surface area contributed by atoms with E-state index < -0.39 is 5.60 Å². The lowest BCUT2D eigenvalue weighted by molar-refractivity contribution is 0.0772. The fourth-order valence-corrected chi connectivity index (χ4v) is 5.03. The van der Waals surface area contributed by atoms with Gasteiger partial charge in [0, 0.05) is 11.3 Å². The van der Waals surface area contributed by atoms with E-state index in [-0.39, 0.29) is 11.3 Å². The van der Waals surface area contributed by atoms with Gasteiger partial charge in [-0.3, -0.25) is 0 Å². The summed E-state index contributed by atoms with van der Waals surface area (Å²) in [5, 5.41) is 11.1. The van der Waals surface area contributed by atoms with Gasteiger partial charge in [-0.25, -0.2) is 0 Å². The van der Waals surface area contributed by atoms with E-state index >= 15 is 0 Å². The second kappa shape index (κ2) is 6.71. The molecule has 0 radical (unpaired) electrons. The molecule has 0 fully saturated rings. The lowest BCUT2D eigenvalue weighted by atomic mass is 9.61. The minimum absolute atomic E-state index is 0.0600. The Labute approximate surface area is 174 Å². The lowest BCUT2D eigenvalue weighted by Crippen LogP contribution is -2.33. The zero-order chi connectivity index (χ0) is 21.0. The third-order valence-corrected chi connectivity index (χ3v) is 6.40. The summed E-state index contributed by atoms with van der Waals surface area (Å²) in [5.41, 5.74) is 8.62. The third kappa shape index (κ3) is 3.05. The number of rotatable bonds is 3. The maximum absolute atomic E-state index is 11.1. The average molecular weight is 383 g/mol. The van der Waals surface area contributed by atoms with Crippen molar-refractivity contribution in [2.45, 2.75) is 51.6 Å². The van der Waals surface area contributed by atoms with Gasteiger partial charge in [0.05, 0.1) is 5.60 Å². The minimum Gasteiger partial charge on any atom is -0.386 e. The van der Waals surface area contributed by atoms with Crippen molar-refractivity contribution in [2.75, 3.05) is 0 Å². The zero-order valence-corrected chi connectivity index (χ0v) is 18.1. The van der Waals surface area contributed by atoms with Gasteiger partial charge in [-0.15, -0.1) is 0 Å². The number of hydrogen-bond acceptors (Lipinski definition) is 1. The fraction of sp³-hybridized carbons (Fsp3) is 0.286. The molecule has 1 heteroatoms. The first-order chi connectivity index (χ1) is 13.6. The summed E-state index contributed by atoms with van der Waals surface area (Å²) in [4.78, 5) is 0. The molecular weight excluding hydrogens is 352 g/mol. The maximum atomic E-state index is 11.1. The number of allylic oxidation sites excluding steroid dienone is 1. The van der Waals surface area contributed by atoms with Crippen LogP contribution in [0.2, 0.25) is 0 Å². The quantitative estimate of drug-likeness (QED) is 0.530. The van der Waals surface area contributed by atoms with Crippen LogP contribution in [0.25, 0.3) is 5.57 Å². The number of hydrogen-bond donors (Lipinski definition) is 1. The molecule has 29 heavy (non-hydrogen) atoms. The Kier molecular flexibility index (Phi) is 4.55. The summed E-state index contributed by atoms with van der Waals surface area (Å²) in [5.74, 6) is 0.0600. The third-order valence-electron chi connectivity index (χ3n) is 6.40. The molecule has 1 atom stereocenters. The Morgan fingerprint density at radius 2 is 1.45 bits per heavy atom. The Balaban J connectivity index is 2.15. The molecule has 0 aromatic heterocycles. The summed E-state index contributed by atoms with van der Waals surface area (Å²) in [6.07, 6.45) is 0. The summed E-state index contributed by atoms with van der Waals surface area (Å²) in [6.45, 7) is 14.7. The molecule has 0 amide bonds.